The summed E-state index contributed by atoms with van der Waals surface area (Å²) in [5, 5.41) is 2.64. The van der Waals surface area contributed by atoms with Crippen molar-refractivity contribution >= 4 is 11.6 Å². The quantitative estimate of drug-likeness (QED) is 0.847. The van der Waals surface area contributed by atoms with Gasteiger partial charge in [0.2, 0.25) is 0 Å². The second-order valence-electron chi connectivity index (χ2n) is 4.46. The Kier molecular flexibility index (Phi) is 3.98. The van der Waals surface area contributed by atoms with Crippen LogP contribution in [0.25, 0.3) is 0 Å². The Labute approximate surface area is 115 Å². The van der Waals surface area contributed by atoms with Gasteiger partial charge in [-0.15, -0.1) is 0 Å². The van der Waals surface area contributed by atoms with E-state index in [0.29, 0.717) is 6.07 Å². The summed E-state index contributed by atoms with van der Waals surface area (Å²) in [4.78, 5) is 12.0. The van der Waals surface area contributed by atoms with Crippen LogP contribution in [0.4, 0.5) is 14.5 Å². The molecule has 0 saturated carbocycles. The van der Waals surface area contributed by atoms with Crippen molar-refractivity contribution in [3.05, 3.63) is 65.2 Å². The van der Waals surface area contributed by atoms with Gasteiger partial charge in [-0.3, -0.25) is 4.79 Å². The second-order valence-corrected chi connectivity index (χ2v) is 4.46. The maximum atomic E-state index is 13.6. The third-order valence-electron chi connectivity index (χ3n) is 2.98. The maximum absolute atomic E-state index is 13.6. The molecule has 0 unspecified atom stereocenters. The van der Waals surface area contributed by atoms with E-state index in [1.807, 2.05) is 30.3 Å². The highest BCUT2D eigenvalue weighted by molar-refractivity contribution is 5.95. The average molecular weight is 276 g/mol. The van der Waals surface area contributed by atoms with Crippen molar-refractivity contribution in [2.24, 2.45) is 0 Å². The Morgan fingerprint density at radius 1 is 1.15 bits per heavy atom. The van der Waals surface area contributed by atoms with Crippen LogP contribution in [0, 0.1) is 11.6 Å². The van der Waals surface area contributed by atoms with E-state index in [0.717, 1.165) is 11.6 Å². The minimum atomic E-state index is -0.936. The van der Waals surface area contributed by atoms with E-state index in [-0.39, 0.29) is 17.3 Å². The van der Waals surface area contributed by atoms with E-state index < -0.39 is 17.5 Å². The van der Waals surface area contributed by atoms with Crippen LogP contribution in [0.1, 0.15) is 28.9 Å². The lowest BCUT2D eigenvalue weighted by Gasteiger charge is -2.15. The van der Waals surface area contributed by atoms with Gasteiger partial charge in [-0.2, -0.15) is 0 Å². The zero-order chi connectivity index (χ0) is 14.7. The Hall–Kier alpha value is -2.43. The fraction of sp³-hybridized carbons (Fsp3) is 0.133. The number of hydrogen-bond donors (Lipinski definition) is 2. The molecule has 2 aromatic carbocycles. The molecule has 1 atom stereocenters. The van der Waals surface area contributed by atoms with Crippen LogP contribution >= 0.6 is 0 Å². The first-order valence-corrected chi connectivity index (χ1v) is 6.09. The van der Waals surface area contributed by atoms with Crippen LogP contribution in [-0.2, 0) is 0 Å². The molecule has 0 saturated heterocycles. The van der Waals surface area contributed by atoms with Crippen molar-refractivity contribution in [3.63, 3.8) is 0 Å². The van der Waals surface area contributed by atoms with Gasteiger partial charge < -0.3 is 11.1 Å². The molecule has 20 heavy (non-hydrogen) atoms. The molecule has 0 aliphatic heterocycles. The lowest BCUT2D eigenvalue weighted by Crippen LogP contribution is -2.27. The molecule has 0 aromatic heterocycles. The first kappa shape index (κ1) is 14.0. The predicted molar refractivity (Wildman–Crippen MR) is 73.1 cm³/mol. The normalized spacial score (nSPS) is 11.9. The Bertz CT molecular complexity index is 629. The Balaban J connectivity index is 2.19. The average Bonchev–Trinajstić information content (AvgIpc) is 2.43. The molecule has 0 aliphatic carbocycles. The molecule has 2 rings (SSSR count). The molecule has 0 spiro atoms. The summed E-state index contributed by atoms with van der Waals surface area (Å²) < 4.78 is 26.6. The minimum absolute atomic E-state index is 0.260. The standard InChI is InChI=1S/C15H14F2N2O/c1-9(10-5-3-2-4-6-10)19-15(20)11-7-14(18)13(17)8-12(11)16/h2-9H,18H2,1H3,(H,19,20)/t9-/m1/s1. The monoisotopic (exact) mass is 276 g/mol. The molecule has 2 aromatic rings. The van der Waals surface area contributed by atoms with Gasteiger partial charge in [-0.1, -0.05) is 30.3 Å². The molecular formula is C15H14F2N2O. The highest BCUT2D eigenvalue weighted by Crippen LogP contribution is 2.18. The first-order chi connectivity index (χ1) is 9.49. The van der Waals surface area contributed by atoms with Crippen molar-refractivity contribution in [2.75, 3.05) is 5.73 Å². The lowest BCUT2D eigenvalue weighted by molar-refractivity contribution is 0.0936. The number of carbonyl (C=O) groups excluding carboxylic acids is 1. The van der Waals surface area contributed by atoms with Crippen molar-refractivity contribution in [2.45, 2.75) is 13.0 Å². The molecule has 0 fully saturated rings. The smallest absolute Gasteiger partial charge is 0.254 e. The summed E-state index contributed by atoms with van der Waals surface area (Å²) in [7, 11) is 0. The molecule has 3 nitrogen and oxygen atoms in total. The van der Waals surface area contributed by atoms with E-state index in [9.17, 15) is 13.6 Å². The van der Waals surface area contributed by atoms with Crippen molar-refractivity contribution in [3.8, 4) is 0 Å². The molecule has 5 heteroatoms. The second kappa shape index (κ2) is 5.69. The van der Waals surface area contributed by atoms with Crippen molar-refractivity contribution < 1.29 is 13.6 Å². The van der Waals surface area contributed by atoms with Gasteiger partial charge >= 0.3 is 0 Å². The van der Waals surface area contributed by atoms with Gasteiger partial charge in [0.05, 0.1) is 17.3 Å². The Morgan fingerprint density at radius 3 is 2.45 bits per heavy atom. The predicted octanol–water partition coefficient (Wildman–Crippen LogP) is 3.04. The number of halogens is 2. The zero-order valence-corrected chi connectivity index (χ0v) is 10.9. The summed E-state index contributed by atoms with van der Waals surface area (Å²) >= 11 is 0. The molecule has 3 N–H and O–H groups in total. The summed E-state index contributed by atoms with van der Waals surface area (Å²) in [6.45, 7) is 1.78. The third-order valence-corrected chi connectivity index (χ3v) is 2.98. The number of benzene rings is 2. The summed E-state index contributed by atoms with van der Waals surface area (Å²) in [6.07, 6.45) is 0. The van der Waals surface area contributed by atoms with Gasteiger partial charge in [0.15, 0.2) is 0 Å². The molecule has 0 radical (unpaired) electrons. The number of nitrogens with two attached hydrogens (primary N) is 1. The Morgan fingerprint density at radius 2 is 1.80 bits per heavy atom. The largest absolute Gasteiger partial charge is 0.396 e. The van der Waals surface area contributed by atoms with E-state index >= 15 is 0 Å². The molecule has 0 bridgehead atoms. The molecule has 104 valence electrons. The fourth-order valence-electron chi connectivity index (χ4n) is 1.84. The molecule has 0 heterocycles. The number of carbonyl (C=O) groups is 1. The van der Waals surface area contributed by atoms with E-state index in [4.69, 9.17) is 5.73 Å². The van der Waals surface area contributed by atoms with Crippen molar-refractivity contribution in [1.29, 1.82) is 0 Å². The SMILES string of the molecule is C[C@@H](NC(=O)c1cc(N)c(F)cc1F)c1ccccc1. The highest BCUT2D eigenvalue weighted by atomic mass is 19.1. The van der Waals surface area contributed by atoms with Crippen LogP contribution in [0.15, 0.2) is 42.5 Å². The number of rotatable bonds is 3. The molecular weight excluding hydrogens is 262 g/mol. The van der Waals surface area contributed by atoms with E-state index in [1.165, 1.54) is 0 Å². The van der Waals surface area contributed by atoms with Crippen LogP contribution in [0.3, 0.4) is 0 Å². The topological polar surface area (TPSA) is 55.1 Å². The number of nitrogen functional groups attached to an aromatic ring is 1. The van der Waals surface area contributed by atoms with Gasteiger partial charge in [0, 0.05) is 6.07 Å². The number of nitrogens with one attached hydrogen (secondary N) is 1. The fourth-order valence-corrected chi connectivity index (χ4v) is 1.84. The third kappa shape index (κ3) is 2.93. The van der Waals surface area contributed by atoms with Crippen LogP contribution in [0.2, 0.25) is 0 Å². The van der Waals surface area contributed by atoms with Crippen LogP contribution in [0.5, 0.6) is 0 Å². The molecule has 1 amide bonds. The maximum Gasteiger partial charge on any atom is 0.254 e. The number of hydrogen-bond acceptors (Lipinski definition) is 2. The van der Waals surface area contributed by atoms with Gasteiger partial charge in [-0.05, 0) is 18.6 Å². The minimum Gasteiger partial charge on any atom is -0.396 e. The summed E-state index contributed by atoms with van der Waals surface area (Å²) in [5.74, 6) is -2.45. The van der Waals surface area contributed by atoms with Gasteiger partial charge in [-0.25, -0.2) is 8.78 Å². The van der Waals surface area contributed by atoms with Crippen LogP contribution in [-0.4, -0.2) is 5.91 Å². The number of amides is 1. The van der Waals surface area contributed by atoms with E-state index in [2.05, 4.69) is 5.32 Å². The summed E-state index contributed by atoms with van der Waals surface area (Å²) in [5.41, 5.74) is 5.70. The van der Waals surface area contributed by atoms with Crippen molar-refractivity contribution in [1.82, 2.24) is 5.32 Å². The summed E-state index contributed by atoms with van der Waals surface area (Å²) in [6, 6.07) is 10.5. The first-order valence-electron chi connectivity index (χ1n) is 6.09. The van der Waals surface area contributed by atoms with Gasteiger partial charge in [0.1, 0.15) is 11.6 Å². The lowest BCUT2D eigenvalue weighted by atomic mass is 10.1. The zero-order valence-electron chi connectivity index (χ0n) is 10.9. The molecule has 0 aliphatic rings. The van der Waals surface area contributed by atoms with Crippen LogP contribution < -0.4 is 11.1 Å². The van der Waals surface area contributed by atoms with Gasteiger partial charge in [0.25, 0.3) is 5.91 Å². The van der Waals surface area contributed by atoms with E-state index in [1.54, 1.807) is 6.92 Å². The highest BCUT2D eigenvalue weighted by Gasteiger charge is 2.17. The number of anilines is 1.